The highest BCUT2D eigenvalue weighted by Gasteiger charge is 2.31. The summed E-state index contributed by atoms with van der Waals surface area (Å²) < 4.78 is 0. The standard InChI is InChI=1S/C22H30N4O4Si/c1-31(2,3)12-10-18(14-21(28)29)25-20(27)13-17-5-4-11-26(22(17)30)19-8-6-16(7-9-19)15-24-23/h6-9,15,17-18H,4-5,11,13-14,23H2,1-3H3,(H,25,27)(H,28,29)/t17?,18-/m1/s1. The topological polar surface area (TPSA) is 125 Å². The third kappa shape index (κ3) is 7.90. The number of carbonyl (C=O) groups is 3. The largest absolute Gasteiger partial charge is 0.481 e. The number of hydrogen-bond acceptors (Lipinski definition) is 5. The van der Waals surface area contributed by atoms with Crippen LogP contribution in [0.15, 0.2) is 29.4 Å². The third-order valence-electron chi connectivity index (χ3n) is 4.75. The molecule has 2 rings (SSSR count). The summed E-state index contributed by atoms with van der Waals surface area (Å²) in [6.07, 6.45) is 2.66. The second-order valence-corrected chi connectivity index (χ2v) is 13.4. The van der Waals surface area contributed by atoms with Crippen LogP contribution in [0.1, 0.15) is 31.2 Å². The molecule has 1 aliphatic rings. The van der Waals surface area contributed by atoms with Crippen molar-refractivity contribution in [2.24, 2.45) is 16.9 Å². The summed E-state index contributed by atoms with van der Waals surface area (Å²) in [4.78, 5) is 38.4. The molecule has 4 N–H and O–H groups in total. The second-order valence-electron chi connectivity index (χ2n) is 8.64. The van der Waals surface area contributed by atoms with Gasteiger partial charge in [0.2, 0.25) is 11.8 Å². The van der Waals surface area contributed by atoms with E-state index in [2.05, 4.69) is 21.9 Å². The Kier molecular flexibility index (Phi) is 8.39. The van der Waals surface area contributed by atoms with Crippen LogP contribution in [0.2, 0.25) is 19.6 Å². The first-order valence-corrected chi connectivity index (χ1v) is 13.8. The number of carboxylic acids is 1. The molecule has 2 amide bonds. The fourth-order valence-corrected chi connectivity index (χ4v) is 3.92. The van der Waals surface area contributed by atoms with Crippen molar-refractivity contribution in [2.45, 2.75) is 51.4 Å². The summed E-state index contributed by atoms with van der Waals surface area (Å²) in [5.74, 6) is 6.12. The second kappa shape index (κ2) is 10.8. The number of nitrogens with zero attached hydrogens (tertiary/aromatic N) is 2. The van der Waals surface area contributed by atoms with E-state index in [-0.39, 0.29) is 24.7 Å². The van der Waals surface area contributed by atoms with Gasteiger partial charge in [-0.15, -0.1) is 5.54 Å². The summed E-state index contributed by atoms with van der Waals surface area (Å²) in [6.45, 7) is 6.73. The Morgan fingerprint density at radius 3 is 2.61 bits per heavy atom. The van der Waals surface area contributed by atoms with Crippen LogP contribution in [0.25, 0.3) is 0 Å². The molecular formula is C22H30N4O4Si. The lowest BCUT2D eigenvalue weighted by molar-refractivity contribution is -0.137. The van der Waals surface area contributed by atoms with E-state index in [0.717, 1.165) is 17.7 Å². The third-order valence-corrected chi connectivity index (χ3v) is 5.64. The summed E-state index contributed by atoms with van der Waals surface area (Å²) in [5, 5.41) is 15.3. The highest BCUT2D eigenvalue weighted by atomic mass is 28.3. The minimum Gasteiger partial charge on any atom is -0.481 e. The first-order valence-electron chi connectivity index (χ1n) is 10.3. The number of nitrogens with one attached hydrogen (secondary N) is 1. The van der Waals surface area contributed by atoms with Crippen molar-refractivity contribution in [3.63, 3.8) is 0 Å². The van der Waals surface area contributed by atoms with Gasteiger partial charge in [-0.2, -0.15) is 5.10 Å². The zero-order valence-corrected chi connectivity index (χ0v) is 19.2. The molecule has 8 nitrogen and oxygen atoms in total. The van der Waals surface area contributed by atoms with Crippen molar-refractivity contribution in [3.8, 4) is 11.5 Å². The maximum absolute atomic E-state index is 13.0. The number of aliphatic carboxylic acids is 1. The molecule has 0 aromatic heterocycles. The Hall–Kier alpha value is -3.12. The van der Waals surface area contributed by atoms with Crippen LogP contribution in [-0.4, -0.2) is 49.8 Å². The van der Waals surface area contributed by atoms with Crippen LogP contribution in [0, 0.1) is 17.4 Å². The Morgan fingerprint density at radius 2 is 2.03 bits per heavy atom. The van der Waals surface area contributed by atoms with E-state index in [0.29, 0.717) is 13.0 Å². The lowest BCUT2D eigenvalue weighted by Gasteiger charge is -2.32. The van der Waals surface area contributed by atoms with Gasteiger partial charge in [0.05, 0.1) is 12.6 Å². The zero-order valence-electron chi connectivity index (χ0n) is 18.2. The molecule has 31 heavy (non-hydrogen) atoms. The van der Waals surface area contributed by atoms with Gasteiger partial charge in [0.25, 0.3) is 0 Å². The Labute approximate surface area is 183 Å². The fourth-order valence-electron chi connectivity index (χ4n) is 3.32. The Morgan fingerprint density at radius 1 is 1.35 bits per heavy atom. The predicted octanol–water partition coefficient (Wildman–Crippen LogP) is 1.95. The molecule has 0 saturated carbocycles. The van der Waals surface area contributed by atoms with E-state index in [1.807, 2.05) is 43.9 Å². The maximum Gasteiger partial charge on any atom is 0.306 e. The number of amides is 2. The molecule has 1 aliphatic heterocycles. The van der Waals surface area contributed by atoms with Crippen molar-refractivity contribution in [2.75, 3.05) is 11.4 Å². The van der Waals surface area contributed by atoms with E-state index >= 15 is 0 Å². The van der Waals surface area contributed by atoms with Gasteiger partial charge in [0.1, 0.15) is 14.1 Å². The maximum atomic E-state index is 13.0. The highest BCUT2D eigenvalue weighted by Crippen LogP contribution is 2.26. The number of hydrogen-bond donors (Lipinski definition) is 3. The molecule has 2 atom stereocenters. The molecule has 0 spiro atoms. The minimum atomic E-state index is -1.71. The van der Waals surface area contributed by atoms with Crippen LogP contribution in [-0.2, 0) is 14.4 Å². The highest BCUT2D eigenvalue weighted by molar-refractivity contribution is 6.83. The minimum absolute atomic E-state index is 0.0119. The molecule has 166 valence electrons. The number of hydrazone groups is 1. The molecule has 1 saturated heterocycles. The first kappa shape index (κ1) is 24.1. The van der Waals surface area contributed by atoms with Gasteiger partial charge >= 0.3 is 5.97 Å². The van der Waals surface area contributed by atoms with Gasteiger partial charge in [-0.1, -0.05) is 37.7 Å². The van der Waals surface area contributed by atoms with Crippen molar-refractivity contribution in [3.05, 3.63) is 29.8 Å². The molecule has 1 fully saturated rings. The molecule has 9 heteroatoms. The van der Waals surface area contributed by atoms with E-state index in [1.54, 1.807) is 4.90 Å². The lowest BCUT2D eigenvalue weighted by atomic mass is 9.92. The predicted molar refractivity (Wildman–Crippen MR) is 123 cm³/mol. The smallest absolute Gasteiger partial charge is 0.306 e. The van der Waals surface area contributed by atoms with Crippen LogP contribution < -0.4 is 16.1 Å². The van der Waals surface area contributed by atoms with Crippen LogP contribution in [0.4, 0.5) is 5.69 Å². The Bertz CT molecular complexity index is 897. The normalized spacial score (nSPS) is 17.7. The fraction of sp³-hybridized carbons (Fsp3) is 0.455. The first-order chi connectivity index (χ1) is 14.6. The SMILES string of the molecule is C[Si](C)(C)C#C[C@H](CC(=O)O)NC(=O)CC1CCCN(c2ccc(C=NN)cc2)C1=O. The molecule has 1 unspecified atom stereocenters. The summed E-state index contributed by atoms with van der Waals surface area (Å²) in [6, 6.07) is 6.54. The molecule has 1 aromatic rings. The monoisotopic (exact) mass is 442 g/mol. The molecule has 1 aromatic carbocycles. The van der Waals surface area contributed by atoms with Gasteiger partial charge in [0.15, 0.2) is 0 Å². The van der Waals surface area contributed by atoms with Crippen molar-refractivity contribution < 1.29 is 19.5 Å². The number of carbonyl (C=O) groups excluding carboxylic acids is 2. The van der Waals surface area contributed by atoms with Gasteiger partial charge < -0.3 is 21.2 Å². The van der Waals surface area contributed by atoms with Gasteiger partial charge in [-0.25, -0.2) is 0 Å². The molecule has 0 aliphatic carbocycles. The quantitative estimate of drug-likeness (QED) is 0.196. The van der Waals surface area contributed by atoms with Gasteiger partial charge in [-0.3, -0.25) is 14.4 Å². The average molecular weight is 443 g/mol. The molecule has 0 bridgehead atoms. The van der Waals surface area contributed by atoms with E-state index in [9.17, 15) is 14.4 Å². The van der Waals surface area contributed by atoms with Gasteiger partial charge in [0, 0.05) is 24.6 Å². The summed E-state index contributed by atoms with van der Waals surface area (Å²) in [7, 11) is -1.71. The van der Waals surface area contributed by atoms with E-state index < -0.39 is 26.0 Å². The lowest BCUT2D eigenvalue weighted by Crippen LogP contribution is -2.44. The summed E-state index contributed by atoms with van der Waals surface area (Å²) >= 11 is 0. The zero-order chi connectivity index (χ0) is 23.0. The number of anilines is 1. The number of carboxylic acid groups (broad SMARTS) is 1. The number of nitrogens with two attached hydrogens (primary N) is 1. The Balaban J connectivity index is 2.04. The number of piperidine rings is 1. The van der Waals surface area contributed by atoms with Crippen molar-refractivity contribution in [1.82, 2.24) is 5.32 Å². The number of benzene rings is 1. The van der Waals surface area contributed by atoms with Crippen LogP contribution in [0.3, 0.4) is 0 Å². The molecule has 1 heterocycles. The van der Waals surface area contributed by atoms with Crippen LogP contribution in [0.5, 0.6) is 0 Å². The molecule has 0 radical (unpaired) electrons. The van der Waals surface area contributed by atoms with E-state index in [4.69, 9.17) is 10.9 Å². The average Bonchev–Trinajstić information content (AvgIpc) is 2.68. The van der Waals surface area contributed by atoms with Crippen molar-refractivity contribution in [1.29, 1.82) is 0 Å². The van der Waals surface area contributed by atoms with Gasteiger partial charge in [-0.05, 0) is 30.5 Å². The molecular weight excluding hydrogens is 412 g/mol. The van der Waals surface area contributed by atoms with E-state index in [1.165, 1.54) is 6.21 Å². The number of rotatable bonds is 7. The summed E-state index contributed by atoms with van der Waals surface area (Å²) in [5.41, 5.74) is 4.69. The van der Waals surface area contributed by atoms with Crippen molar-refractivity contribution >= 4 is 37.8 Å². The van der Waals surface area contributed by atoms with Crippen LogP contribution >= 0.6 is 0 Å².